The monoisotopic (exact) mass is 339 g/mol. The molecular formula is C15H21N3O6. The first-order valence-electron chi connectivity index (χ1n) is 7.25. The summed E-state index contributed by atoms with van der Waals surface area (Å²) >= 11 is 0. The van der Waals surface area contributed by atoms with Gasteiger partial charge in [0, 0.05) is 19.2 Å². The minimum Gasteiger partial charge on any atom is -0.444 e. The summed E-state index contributed by atoms with van der Waals surface area (Å²) in [6.07, 6.45) is -1.87. The number of imide groups is 1. The van der Waals surface area contributed by atoms with Gasteiger partial charge in [-0.05, 0) is 26.8 Å². The molecule has 0 aliphatic carbocycles. The second-order valence-corrected chi connectivity index (χ2v) is 5.86. The minimum atomic E-state index is -0.979. The summed E-state index contributed by atoms with van der Waals surface area (Å²) in [7, 11) is 0. The topological polar surface area (TPSA) is 125 Å². The Bertz CT molecular complexity index is 611. The van der Waals surface area contributed by atoms with E-state index in [-0.39, 0.29) is 30.9 Å². The predicted molar refractivity (Wildman–Crippen MR) is 85.3 cm³/mol. The molecule has 0 spiro atoms. The first kappa shape index (κ1) is 19.4. The summed E-state index contributed by atoms with van der Waals surface area (Å²) in [5.41, 5.74) is 4.65. The van der Waals surface area contributed by atoms with Gasteiger partial charge in [0.15, 0.2) is 0 Å². The highest BCUT2D eigenvalue weighted by Gasteiger charge is 2.28. The number of amides is 2. The van der Waals surface area contributed by atoms with Crippen molar-refractivity contribution in [2.45, 2.75) is 33.0 Å². The van der Waals surface area contributed by atoms with Crippen molar-refractivity contribution in [2.24, 2.45) is 5.73 Å². The molecule has 0 saturated heterocycles. The van der Waals surface area contributed by atoms with Crippen LogP contribution in [0.2, 0.25) is 0 Å². The molecule has 24 heavy (non-hydrogen) atoms. The van der Waals surface area contributed by atoms with Crippen molar-refractivity contribution < 1.29 is 24.0 Å². The molecule has 132 valence electrons. The van der Waals surface area contributed by atoms with E-state index in [1.165, 1.54) is 18.2 Å². The molecule has 2 amide bonds. The predicted octanol–water partition coefficient (Wildman–Crippen LogP) is 2.43. The number of nitrogens with two attached hydrogens (primary N) is 1. The van der Waals surface area contributed by atoms with Crippen molar-refractivity contribution in [1.82, 2.24) is 4.90 Å². The fourth-order valence-corrected chi connectivity index (χ4v) is 1.73. The Morgan fingerprint density at radius 1 is 1.25 bits per heavy atom. The number of rotatable bonds is 5. The number of nitro groups is 1. The molecule has 9 heteroatoms. The zero-order chi connectivity index (χ0) is 18.3. The SMILES string of the molecule is CC(C)(C)OC(=O)N(CCN)C(=O)OCc1ccccc1[N+](=O)[O-]. The number of hydrogen-bond acceptors (Lipinski definition) is 7. The molecule has 0 radical (unpaired) electrons. The van der Waals surface area contributed by atoms with E-state index in [1.807, 2.05) is 0 Å². The maximum absolute atomic E-state index is 12.1. The number of nitro benzene ring substituents is 1. The number of benzene rings is 1. The number of nitrogens with zero attached hydrogens (tertiary/aromatic N) is 2. The van der Waals surface area contributed by atoms with Gasteiger partial charge in [-0.15, -0.1) is 0 Å². The molecule has 0 bridgehead atoms. The van der Waals surface area contributed by atoms with Crippen LogP contribution in [0.5, 0.6) is 0 Å². The summed E-state index contributed by atoms with van der Waals surface area (Å²) in [4.78, 5) is 35.2. The van der Waals surface area contributed by atoms with E-state index in [4.69, 9.17) is 15.2 Å². The van der Waals surface area contributed by atoms with Crippen LogP contribution in [0.1, 0.15) is 26.3 Å². The van der Waals surface area contributed by atoms with Crippen LogP contribution >= 0.6 is 0 Å². The average molecular weight is 339 g/mol. The van der Waals surface area contributed by atoms with Crippen LogP contribution in [0.4, 0.5) is 15.3 Å². The molecule has 0 aliphatic heterocycles. The Labute approximate surface area is 139 Å². The highest BCUT2D eigenvalue weighted by atomic mass is 16.6. The lowest BCUT2D eigenvalue weighted by Crippen LogP contribution is -2.43. The summed E-state index contributed by atoms with van der Waals surface area (Å²) in [6, 6.07) is 5.85. The van der Waals surface area contributed by atoms with Crippen LogP contribution < -0.4 is 5.73 Å². The van der Waals surface area contributed by atoms with Crippen LogP contribution in [0.15, 0.2) is 24.3 Å². The Morgan fingerprint density at radius 3 is 2.42 bits per heavy atom. The molecule has 0 fully saturated rings. The molecule has 0 atom stereocenters. The van der Waals surface area contributed by atoms with E-state index in [2.05, 4.69) is 0 Å². The first-order chi connectivity index (χ1) is 11.2. The molecule has 2 N–H and O–H groups in total. The number of hydrogen-bond donors (Lipinski definition) is 1. The lowest BCUT2D eigenvalue weighted by molar-refractivity contribution is -0.385. The van der Waals surface area contributed by atoms with Gasteiger partial charge in [0.05, 0.1) is 10.5 Å². The van der Waals surface area contributed by atoms with Gasteiger partial charge < -0.3 is 15.2 Å². The molecule has 0 aromatic heterocycles. The summed E-state index contributed by atoms with van der Waals surface area (Å²) < 4.78 is 10.1. The second kappa shape index (κ2) is 8.25. The number of ether oxygens (including phenoxy) is 2. The summed E-state index contributed by atoms with van der Waals surface area (Å²) in [6.45, 7) is 4.56. The van der Waals surface area contributed by atoms with E-state index >= 15 is 0 Å². The van der Waals surface area contributed by atoms with Gasteiger partial charge in [-0.2, -0.15) is 0 Å². The minimum absolute atomic E-state index is 0.0276. The zero-order valence-electron chi connectivity index (χ0n) is 13.9. The molecule has 9 nitrogen and oxygen atoms in total. The average Bonchev–Trinajstić information content (AvgIpc) is 2.48. The molecule has 1 aromatic rings. The number of carbonyl (C=O) groups excluding carboxylic acids is 2. The summed E-state index contributed by atoms with van der Waals surface area (Å²) in [5, 5.41) is 10.9. The van der Waals surface area contributed by atoms with Crippen molar-refractivity contribution in [3.05, 3.63) is 39.9 Å². The van der Waals surface area contributed by atoms with Crippen molar-refractivity contribution in [3.63, 3.8) is 0 Å². The highest BCUT2D eigenvalue weighted by Crippen LogP contribution is 2.19. The van der Waals surface area contributed by atoms with Gasteiger partial charge in [0.1, 0.15) is 12.2 Å². The molecule has 0 saturated carbocycles. The Balaban J connectivity index is 2.80. The lowest BCUT2D eigenvalue weighted by atomic mass is 10.2. The van der Waals surface area contributed by atoms with Crippen molar-refractivity contribution >= 4 is 17.9 Å². The third-order valence-corrected chi connectivity index (χ3v) is 2.73. The number of carbonyl (C=O) groups is 2. The number of para-hydroxylation sites is 1. The van der Waals surface area contributed by atoms with E-state index in [9.17, 15) is 19.7 Å². The Hall–Kier alpha value is -2.68. The molecule has 1 rings (SSSR count). The maximum atomic E-state index is 12.1. The third-order valence-electron chi connectivity index (χ3n) is 2.73. The lowest BCUT2D eigenvalue weighted by Gasteiger charge is -2.25. The van der Waals surface area contributed by atoms with Gasteiger partial charge in [0.2, 0.25) is 0 Å². The van der Waals surface area contributed by atoms with Crippen LogP contribution in [0.3, 0.4) is 0 Å². The van der Waals surface area contributed by atoms with Gasteiger partial charge in [-0.3, -0.25) is 10.1 Å². The standard InChI is InChI=1S/C15H21N3O6/c1-15(2,3)24-14(20)17(9-8-16)13(19)23-10-11-6-4-5-7-12(11)18(21)22/h4-7H,8-10,16H2,1-3H3. The Morgan fingerprint density at radius 2 is 1.88 bits per heavy atom. The molecule has 0 aliphatic rings. The smallest absolute Gasteiger partial charge is 0.419 e. The fourth-order valence-electron chi connectivity index (χ4n) is 1.73. The second-order valence-electron chi connectivity index (χ2n) is 5.86. The van der Waals surface area contributed by atoms with Gasteiger partial charge in [-0.25, -0.2) is 14.5 Å². The van der Waals surface area contributed by atoms with E-state index in [0.717, 1.165) is 4.90 Å². The summed E-state index contributed by atoms with van der Waals surface area (Å²) in [5.74, 6) is 0. The largest absolute Gasteiger partial charge is 0.444 e. The zero-order valence-corrected chi connectivity index (χ0v) is 13.9. The van der Waals surface area contributed by atoms with Crippen LogP contribution in [0.25, 0.3) is 0 Å². The van der Waals surface area contributed by atoms with E-state index in [1.54, 1.807) is 26.8 Å². The van der Waals surface area contributed by atoms with Crippen molar-refractivity contribution in [2.75, 3.05) is 13.1 Å². The third kappa shape index (κ3) is 5.84. The van der Waals surface area contributed by atoms with Gasteiger partial charge in [-0.1, -0.05) is 12.1 Å². The maximum Gasteiger partial charge on any atom is 0.419 e. The van der Waals surface area contributed by atoms with Gasteiger partial charge in [0.25, 0.3) is 5.69 Å². The highest BCUT2D eigenvalue weighted by molar-refractivity contribution is 5.88. The van der Waals surface area contributed by atoms with Crippen molar-refractivity contribution in [3.8, 4) is 0 Å². The van der Waals surface area contributed by atoms with E-state index in [0.29, 0.717) is 0 Å². The van der Waals surface area contributed by atoms with Crippen molar-refractivity contribution in [1.29, 1.82) is 0 Å². The molecular weight excluding hydrogens is 318 g/mol. The van der Waals surface area contributed by atoms with Crippen LogP contribution in [-0.4, -0.2) is 40.7 Å². The quantitative estimate of drug-likeness (QED) is 0.645. The Kier molecular flexibility index (Phi) is 6.66. The van der Waals surface area contributed by atoms with Gasteiger partial charge >= 0.3 is 12.2 Å². The van der Waals surface area contributed by atoms with E-state index < -0.39 is 22.7 Å². The molecule has 0 heterocycles. The molecule has 0 unspecified atom stereocenters. The normalized spacial score (nSPS) is 10.8. The first-order valence-corrected chi connectivity index (χ1v) is 7.25. The fraction of sp³-hybridized carbons (Fsp3) is 0.467. The van der Waals surface area contributed by atoms with Crippen LogP contribution in [-0.2, 0) is 16.1 Å². The molecule has 1 aromatic carbocycles. The van der Waals surface area contributed by atoms with Crippen LogP contribution in [0, 0.1) is 10.1 Å².